The number of nitrogens with zero attached hydrogens (tertiary/aromatic N) is 3. The van der Waals surface area contributed by atoms with Gasteiger partial charge in [-0.2, -0.15) is 0 Å². The molecular formula is C16H28IN5OS. The maximum Gasteiger partial charge on any atom is 0.191 e. The van der Waals surface area contributed by atoms with Gasteiger partial charge >= 0.3 is 0 Å². The second-order valence-corrected chi connectivity index (χ2v) is 7.97. The number of anilines is 1. The fourth-order valence-corrected chi connectivity index (χ4v) is 4.47. The van der Waals surface area contributed by atoms with Gasteiger partial charge in [0.05, 0.1) is 18.3 Å². The highest BCUT2D eigenvalue weighted by Gasteiger charge is 2.59. The molecule has 2 heterocycles. The molecule has 2 fully saturated rings. The number of hydrogen-bond acceptors (Lipinski definition) is 5. The molecule has 1 aromatic rings. The van der Waals surface area contributed by atoms with Gasteiger partial charge < -0.3 is 20.3 Å². The third-order valence-corrected chi connectivity index (χ3v) is 6.03. The van der Waals surface area contributed by atoms with E-state index in [4.69, 9.17) is 4.74 Å². The molecule has 0 amide bonds. The van der Waals surface area contributed by atoms with Crippen molar-refractivity contribution in [3.63, 3.8) is 0 Å². The van der Waals surface area contributed by atoms with E-state index in [0.29, 0.717) is 24.6 Å². The van der Waals surface area contributed by atoms with Gasteiger partial charge in [0.1, 0.15) is 0 Å². The number of rotatable bonds is 4. The van der Waals surface area contributed by atoms with E-state index < -0.39 is 0 Å². The third-order valence-electron chi connectivity index (χ3n) is 4.98. The van der Waals surface area contributed by atoms with E-state index in [1.807, 2.05) is 26.0 Å². The number of aliphatic imine (C=N–C) groups is 1. The van der Waals surface area contributed by atoms with Crippen LogP contribution in [0.25, 0.3) is 0 Å². The van der Waals surface area contributed by atoms with Crippen LogP contribution >= 0.6 is 35.3 Å². The molecule has 0 spiro atoms. The second-order valence-electron chi connectivity index (χ2n) is 7.13. The zero-order valence-corrected chi connectivity index (χ0v) is 18.1. The molecule has 24 heavy (non-hydrogen) atoms. The van der Waals surface area contributed by atoms with E-state index in [9.17, 15) is 0 Å². The fourth-order valence-electron chi connectivity index (χ4n) is 3.72. The first-order chi connectivity index (χ1) is 10.9. The lowest BCUT2D eigenvalue weighted by Crippen LogP contribution is -2.67. The van der Waals surface area contributed by atoms with Gasteiger partial charge in [0.25, 0.3) is 0 Å². The quantitative estimate of drug-likeness (QED) is 0.406. The van der Waals surface area contributed by atoms with Gasteiger partial charge in [-0.05, 0) is 6.42 Å². The third kappa shape index (κ3) is 3.65. The van der Waals surface area contributed by atoms with Crippen molar-refractivity contribution in [2.45, 2.75) is 39.0 Å². The zero-order chi connectivity index (χ0) is 16.6. The molecule has 3 atom stereocenters. The molecule has 1 aromatic heterocycles. The number of thiazole rings is 1. The SMILES string of the molecule is CN=C(NCc1csc(N(C)C)n1)NC1C2CCOC2C1(C)C.I. The molecule has 2 N–H and O–H groups in total. The van der Waals surface area contributed by atoms with Crippen molar-refractivity contribution >= 4 is 46.4 Å². The summed E-state index contributed by atoms with van der Waals surface area (Å²) < 4.78 is 5.85. The number of fused-ring (bicyclic) bond motifs is 1. The lowest BCUT2D eigenvalue weighted by atomic mass is 9.57. The summed E-state index contributed by atoms with van der Waals surface area (Å²) in [5, 5.41) is 10.1. The molecule has 1 aliphatic heterocycles. The highest BCUT2D eigenvalue weighted by molar-refractivity contribution is 14.0. The normalized spacial score (nSPS) is 27.7. The van der Waals surface area contributed by atoms with Crippen LogP contribution in [-0.4, -0.2) is 50.8 Å². The van der Waals surface area contributed by atoms with Crippen molar-refractivity contribution in [1.29, 1.82) is 0 Å². The van der Waals surface area contributed by atoms with Crippen LogP contribution in [0.2, 0.25) is 0 Å². The van der Waals surface area contributed by atoms with Crippen molar-refractivity contribution < 1.29 is 4.74 Å². The zero-order valence-electron chi connectivity index (χ0n) is 15.0. The average Bonchev–Trinajstić information content (AvgIpc) is 3.15. The van der Waals surface area contributed by atoms with E-state index in [0.717, 1.165) is 29.8 Å². The maximum absolute atomic E-state index is 5.85. The topological polar surface area (TPSA) is 61.8 Å². The summed E-state index contributed by atoms with van der Waals surface area (Å²) in [4.78, 5) is 11.0. The summed E-state index contributed by atoms with van der Waals surface area (Å²) in [6.07, 6.45) is 1.53. The predicted octanol–water partition coefficient (Wildman–Crippen LogP) is 2.31. The smallest absolute Gasteiger partial charge is 0.191 e. The Morgan fingerprint density at radius 1 is 1.50 bits per heavy atom. The summed E-state index contributed by atoms with van der Waals surface area (Å²) >= 11 is 1.66. The van der Waals surface area contributed by atoms with Crippen molar-refractivity contribution in [2.75, 3.05) is 32.6 Å². The van der Waals surface area contributed by atoms with E-state index >= 15 is 0 Å². The molecule has 8 heteroatoms. The molecule has 1 saturated carbocycles. The average molecular weight is 465 g/mol. The van der Waals surface area contributed by atoms with Crippen LogP contribution < -0.4 is 15.5 Å². The molecule has 3 unspecified atom stereocenters. The Labute approximate surface area is 165 Å². The summed E-state index contributed by atoms with van der Waals surface area (Å²) in [5.74, 6) is 1.44. The van der Waals surface area contributed by atoms with Crippen molar-refractivity contribution in [3.05, 3.63) is 11.1 Å². The first-order valence-electron chi connectivity index (χ1n) is 8.14. The standard InChI is InChI=1S/C16H27N5OS.HI/c1-16(2)12(11-6-7-22-13(11)16)20-14(17-3)18-8-10-9-23-15(19-10)21(4)5;/h9,11-13H,6-8H2,1-5H3,(H2,17,18,20);1H. The molecule has 1 aliphatic carbocycles. The molecular weight excluding hydrogens is 437 g/mol. The second kappa shape index (κ2) is 7.74. The van der Waals surface area contributed by atoms with Crippen LogP contribution in [0.4, 0.5) is 5.13 Å². The first-order valence-corrected chi connectivity index (χ1v) is 9.02. The van der Waals surface area contributed by atoms with Crippen LogP contribution in [0.15, 0.2) is 10.4 Å². The lowest BCUT2D eigenvalue weighted by Gasteiger charge is -2.54. The highest BCUT2D eigenvalue weighted by atomic mass is 127. The minimum absolute atomic E-state index is 0. The van der Waals surface area contributed by atoms with Crippen molar-refractivity contribution in [2.24, 2.45) is 16.3 Å². The Balaban J connectivity index is 0.00000208. The minimum Gasteiger partial charge on any atom is -0.377 e. The summed E-state index contributed by atoms with van der Waals surface area (Å²) in [6, 6.07) is 0.411. The Bertz CT molecular complexity index is 589. The van der Waals surface area contributed by atoms with Gasteiger partial charge in [0, 0.05) is 50.5 Å². The van der Waals surface area contributed by atoms with Crippen LogP contribution in [0, 0.1) is 11.3 Å². The van der Waals surface area contributed by atoms with Crippen LogP contribution in [0.3, 0.4) is 0 Å². The Morgan fingerprint density at radius 3 is 2.88 bits per heavy atom. The number of guanidine groups is 1. The summed E-state index contributed by atoms with van der Waals surface area (Å²) in [7, 11) is 5.83. The van der Waals surface area contributed by atoms with E-state index in [1.165, 1.54) is 0 Å². The summed E-state index contributed by atoms with van der Waals surface area (Å²) in [5.41, 5.74) is 1.19. The molecule has 0 radical (unpaired) electrons. The minimum atomic E-state index is 0. The van der Waals surface area contributed by atoms with Crippen LogP contribution in [0.5, 0.6) is 0 Å². The number of halogens is 1. The van der Waals surface area contributed by atoms with Gasteiger partial charge in [-0.3, -0.25) is 4.99 Å². The van der Waals surface area contributed by atoms with Gasteiger partial charge in [0.15, 0.2) is 11.1 Å². The fraction of sp³-hybridized carbons (Fsp3) is 0.750. The van der Waals surface area contributed by atoms with E-state index in [1.54, 1.807) is 11.3 Å². The number of ether oxygens (including phenoxy) is 1. The van der Waals surface area contributed by atoms with E-state index in [-0.39, 0.29) is 29.4 Å². The Hall–Kier alpha value is -0.610. The number of nitrogens with one attached hydrogen (secondary N) is 2. The largest absolute Gasteiger partial charge is 0.377 e. The number of hydrogen-bond donors (Lipinski definition) is 2. The molecule has 2 aliphatic rings. The lowest BCUT2D eigenvalue weighted by molar-refractivity contribution is -0.106. The number of aromatic nitrogens is 1. The highest BCUT2D eigenvalue weighted by Crippen LogP contribution is 2.52. The predicted molar refractivity (Wildman–Crippen MR) is 111 cm³/mol. The van der Waals surface area contributed by atoms with E-state index in [2.05, 4.69) is 39.8 Å². The van der Waals surface area contributed by atoms with Crippen LogP contribution in [0.1, 0.15) is 26.0 Å². The first kappa shape index (κ1) is 19.7. The Morgan fingerprint density at radius 2 is 2.25 bits per heavy atom. The van der Waals surface area contributed by atoms with Crippen molar-refractivity contribution in [1.82, 2.24) is 15.6 Å². The molecule has 3 rings (SSSR count). The molecule has 1 saturated heterocycles. The molecule has 136 valence electrons. The molecule has 0 bridgehead atoms. The summed E-state index contributed by atoms with van der Waals surface area (Å²) in [6.45, 7) is 6.11. The Kier molecular flexibility index (Phi) is 6.35. The molecule has 6 nitrogen and oxygen atoms in total. The monoisotopic (exact) mass is 465 g/mol. The van der Waals surface area contributed by atoms with Gasteiger partial charge in [-0.25, -0.2) is 4.98 Å². The maximum atomic E-state index is 5.85. The van der Waals surface area contributed by atoms with Gasteiger partial charge in [-0.1, -0.05) is 13.8 Å². The molecule has 0 aromatic carbocycles. The van der Waals surface area contributed by atoms with Crippen molar-refractivity contribution in [3.8, 4) is 0 Å². The van der Waals surface area contributed by atoms with Crippen LogP contribution in [-0.2, 0) is 11.3 Å². The van der Waals surface area contributed by atoms with Gasteiger partial charge in [0.2, 0.25) is 0 Å². The van der Waals surface area contributed by atoms with Gasteiger partial charge in [-0.15, -0.1) is 35.3 Å².